The normalized spacial score (nSPS) is 23.5. The van der Waals surface area contributed by atoms with E-state index in [4.69, 9.17) is 0 Å². The van der Waals surface area contributed by atoms with Crippen LogP contribution in [0.2, 0.25) is 0 Å². The van der Waals surface area contributed by atoms with Gasteiger partial charge in [0.25, 0.3) is 0 Å². The summed E-state index contributed by atoms with van der Waals surface area (Å²) >= 11 is 0. The summed E-state index contributed by atoms with van der Waals surface area (Å²) in [6.07, 6.45) is 8.41. The Hall–Kier alpha value is -2.41. The van der Waals surface area contributed by atoms with Crippen molar-refractivity contribution in [3.8, 4) is 22.4 Å². The molecule has 2 aliphatic heterocycles. The molecule has 0 spiro atoms. The van der Waals surface area contributed by atoms with Crippen molar-refractivity contribution in [3.05, 3.63) is 77.5 Å². The summed E-state index contributed by atoms with van der Waals surface area (Å²) in [5, 5.41) is 0. The van der Waals surface area contributed by atoms with E-state index in [1.807, 2.05) is 0 Å². The first-order chi connectivity index (χ1) is 15.1. The molecule has 160 valence electrons. The molecule has 3 heterocycles. The molecule has 2 atom stereocenters. The van der Waals surface area contributed by atoms with Crippen LogP contribution in [0.4, 0.5) is 0 Å². The Kier molecular flexibility index (Phi) is 5.04. The van der Waals surface area contributed by atoms with Crippen molar-refractivity contribution in [2.24, 2.45) is 0 Å². The second-order valence-electron chi connectivity index (χ2n) is 9.80. The third kappa shape index (κ3) is 2.71. The third-order valence-corrected chi connectivity index (χ3v) is 8.61. The lowest BCUT2D eigenvalue weighted by molar-refractivity contribution is -0.761. The maximum absolute atomic E-state index is 2.82. The van der Waals surface area contributed by atoms with Gasteiger partial charge in [0, 0.05) is 25.3 Å². The molecule has 0 N–H and O–H groups in total. The fourth-order valence-corrected chi connectivity index (χ4v) is 6.83. The highest BCUT2D eigenvalue weighted by Gasteiger charge is 2.63. The van der Waals surface area contributed by atoms with Gasteiger partial charge in [-0.1, -0.05) is 75.7 Å². The molecule has 2 aliphatic rings. The molecule has 0 amide bonds. The minimum absolute atomic E-state index is 0.153. The lowest BCUT2D eigenvalue weighted by Crippen LogP contribution is -2.67. The van der Waals surface area contributed by atoms with Crippen LogP contribution in [0, 0.1) is 0 Å². The van der Waals surface area contributed by atoms with Gasteiger partial charge in [-0.25, -0.2) is 0 Å². The maximum atomic E-state index is 2.82. The Morgan fingerprint density at radius 2 is 1.65 bits per heavy atom. The average Bonchev–Trinajstić information content (AvgIpc) is 3.23. The van der Waals surface area contributed by atoms with Gasteiger partial charge in [0.05, 0.1) is 16.5 Å². The predicted molar refractivity (Wildman–Crippen MR) is 130 cm³/mol. The molecule has 0 saturated heterocycles. The smallest absolute Gasteiger partial charge is 0.189 e. The zero-order valence-corrected chi connectivity index (χ0v) is 19.7. The summed E-state index contributed by atoms with van der Waals surface area (Å²) in [6, 6.07) is 23.0. The summed E-state index contributed by atoms with van der Waals surface area (Å²) in [5.41, 5.74) is 10.8. The summed E-state index contributed by atoms with van der Waals surface area (Å²) < 4.78 is 2.82. The van der Waals surface area contributed by atoms with E-state index >= 15 is 0 Å². The van der Waals surface area contributed by atoms with Crippen molar-refractivity contribution in [1.29, 1.82) is 0 Å². The first-order valence-electron chi connectivity index (χ1n) is 12.4. The highest BCUT2D eigenvalue weighted by atomic mass is 15.1. The van der Waals surface area contributed by atoms with Crippen LogP contribution in [0.15, 0.2) is 60.7 Å². The van der Waals surface area contributed by atoms with E-state index in [0.29, 0.717) is 0 Å². The summed E-state index contributed by atoms with van der Waals surface area (Å²) in [7, 11) is 0. The maximum Gasteiger partial charge on any atom is 0.213 e. The van der Waals surface area contributed by atoms with E-state index in [9.17, 15) is 0 Å². The van der Waals surface area contributed by atoms with E-state index in [2.05, 4.69) is 92.9 Å². The van der Waals surface area contributed by atoms with Crippen LogP contribution >= 0.6 is 0 Å². The molecule has 0 bridgehead atoms. The zero-order chi connectivity index (χ0) is 21.6. The van der Waals surface area contributed by atoms with Gasteiger partial charge in [-0.2, -0.15) is 4.57 Å². The molecule has 1 nitrogen and oxygen atoms in total. The quantitative estimate of drug-likeness (QED) is 0.373. The van der Waals surface area contributed by atoms with Crippen LogP contribution < -0.4 is 4.57 Å². The van der Waals surface area contributed by atoms with E-state index < -0.39 is 0 Å². The first-order valence-corrected chi connectivity index (χ1v) is 12.4. The van der Waals surface area contributed by atoms with Crippen LogP contribution in [0.25, 0.3) is 22.4 Å². The molecule has 3 aromatic rings. The Morgan fingerprint density at radius 3 is 2.35 bits per heavy atom. The number of benzene rings is 2. The number of unbranched alkanes of at least 4 members (excludes halogenated alkanes) is 1. The molecule has 2 aromatic carbocycles. The lowest BCUT2D eigenvalue weighted by atomic mass is 9.59. The molecule has 31 heavy (non-hydrogen) atoms. The summed E-state index contributed by atoms with van der Waals surface area (Å²) in [4.78, 5) is 0. The van der Waals surface area contributed by atoms with Gasteiger partial charge in [-0.3, -0.25) is 0 Å². The predicted octanol–water partition coefficient (Wildman–Crippen LogP) is 7.38. The Morgan fingerprint density at radius 1 is 0.903 bits per heavy atom. The molecule has 2 unspecified atom stereocenters. The average molecular weight is 411 g/mol. The second-order valence-corrected chi connectivity index (χ2v) is 9.80. The molecular formula is C30H36N+. The second kappa shape index (κ2) is 7.62. The fourth-order valence-electron chi connectivity index (χ4n) is 6.83. The Labute approximate surface area is 188 Å². The van der Waals surface area contributed by atoms with Gasteiger partial charge in [0.1, 0.15) is 0 Å². The molecule has 0 saturated carbocycles. The highest BCUT2D eigenvalue weighted by Crippen LogP contribution is 2.55. The van der Waals surface area contributed by atoms with E-state index in [1.165, 1.54) is 66.5 Å². The van der Waals surface area contributed by atoms with Gasteiger partial charge in [-0.15, -0.1) is 0 Å². The number of rotatable bonds is 6. The molecular weight excluding hydrogens is 374 g/mol. The van der Waals surface area contributed by atoms with Crippen LogP contribution in [0.3, 0.4) is 0 Å². The number of aryl methyl sites for hydroxylation is 1. The molecule has 1 heteroatoms. The Balaban J connectivity index is 1.89. The molecule has 0 aliphatic carbocycles. The topological polar surface area (TPSA) is 3.88 Å². The van der Waals surface area contributed by atoms with Gasteiger partial charge in [0.15, 0.2) is 11.2 Å². The zero-order valence-electron chi connectivity index (χ0n) is 19.7. The van der Waals surface area contributed by atoms with Crippen LogP contribution in [0.5, 0.6) is 0 Å². The minimum atomic E-state index is 0.153. The molecule has 0 fully saturated rings. The van der Waals surface area contributed by atoms with E-state index in [1.54, 1.807) is 11.3 Å². The Bertz CT molecular complexity index is 1110. The van der Waals surface area contributed by atoms with Gasteiger partial charge in [-0.05, 0) is 48.9 Å². The van der Waals surface area contributed by atoms with Crippen molar-refractivity contribution in [1.82, 2.24) is 0 Å². The number of nitrogens with zero attached hydrogens (tertiary/aromatic N) is 1. The number of fused-ring (bicyclic) bond motifs is 2. The summed E-state index contributed by atoms with van der Waals surface area (Å²) in [5.74, 6) is 0. The largest absolute Gasteiger partial charge is 0.213 e. The van der Waals surface area contributed by atoms with Crippen molar-refractivity contribution >= 4 is 0 Å². The number of pyridine rings is 1. The van der Waals surface area contributed by atoms with E-state index in [-0.39, 0.29) is 11.0 Å². The van der Waals surface area contributed by atoms with Gasteiger partial charge < -0.3 is 0 Å². The first kappa shape index (κ1) is 20.5. The van der Waals surface area contributed by atoms with Gasteiger partial charge in [0.2, 0.25) is 5.69 Å². The minimum Gasteiger partial charge on any atom is -0.189 e. The lowest BCUT2D eigenvalue weighted by Gasteiger charge is -2.46. The molecule has 0 radical (unpaired) electrons. The summed E-state index contributed by atoms with van der Waals surface area (Å²) in [6.45, 7) is 9.65. The number of aromatic nitrogens is 1. The SMILES string of the molecule is CCCCc1cc2[n+]3c(c1-c1ccccc1)CCC3(CC)C(C)(CC)c1ccccc1-2. The standard InChI is InChI=1S/C30H36N/c1-5-8-14-23-21-27-24-17-12-13-18-25(24)29(4,6-2)30(7-3)20-19-26(31(27)30)28(23)22-15-10-9-11-16-22/h9-13,15-18,21H,5-8,14,19-20H2,1-4H3/q+1. The highest BCUT2D eigenvalue weighted by molar-refractivity contribution is 5.74. The monoisotopic (exact) mass is 410 g/mol. The van der Waals surface area contributed by atoms with Crippen molar-refractivity contribution < 1.29 is 4.57 Å². The fraction of sp³-hybridized carbons (Fsp3) is 0.433. The number of hydrogen-bond donors (Lipinski definition) is 0. The third-order valence-electron chi connectivity index (χ3n) is 8.61. The van der Waals surface area contributed by atoms with Crippen molar-refractivity contribution in [3.63, 3.8) is 0 Å². The molecule has 1 aromatic heterocycles. The van der Waals surface area contributed by atoms with Crippen molar-refractivity contribution in [2.75, 3.05) is 0 Å². The van der Waals surface area contributed by atoms with Crippen LogP contribution in [-0.4, -0.2) is 0 Å². The van der Waals surface area contributed by atoms with Crippen molar-refractivity contribution in [2.45, 2.75) is 83.6 Å². The van der Waals surface area contributed by atoms with Crippen LogP contribution in [0.1, 0.15) is 76.6 Å². The molecule has 5 rings (SSSR count). The van der Waals surface area contributed by atoms with Gasteiger partial charge >= 0.3 is 0 Å². The van der Waals surface area contributed by atoms with E-state index in [0.717, 1.165) is 6.42 Å². The number of hydrogen-bond acceptors (Lipinski definition) is 0. The van der Waals surface area contributed by atoms with Crippen LogP contribution in [-0.2, 0) is 23.8 Å².